The monoisotopic (exact) mass is 266 g/mol. The highest BCUT2D eigenvalue weighted by molar-refractivity contribution is 5.68. The highest BCUT2D eigenvalue weighted by Gasteiger charge is 2.24. The predicted molar refractivity (Wildman–Crippen MR) is 76.0 cm³/mol. The van der Waals surface area contributed by atoms with Gasteiger partial charge in [-0.15, -0.1) is 0 Å². The van der Waals surface area contributed by atoms with E-state index in [-0.39, 0.29) is 6.04 Å². The van der Waals surface area contributed by atoms with E-state index in [1.807, 2.05) is 41.9 Å². The van der Waals surface area contributed by atoms with Crippen molar-refractivity contribution in [3.8, 4) is 5.75 Å². The first-order valence-electron chi connectivity index (χ1n) is 6.60. The zero-order valence-corrected chi connectivity index (χ0v) is 11.1. The second-order valence-electron chi connectivity index (χ2n) is 4.94. The first kappa shape index (κ1) is 11.3. The molecule has 3 aromatic rings. The molecule has 0 aliphatic carbocycles. The van der Waals surface area contributed by atoms with E-state index < -0.39 is 0 Å². The van der Waals surface area contributed by atoms with Gasteiger partial charge in [0.25, 0.3) is 0 Å². The summed E-state index contributed by atoms with van der Waals surface area (Å²) in [4.78, 5) is 4.43. The lowest BCUT2D eigenvalue weighted by Gasteiger charge is -2.12. The maximum Gasteiger partial charge on any atom is 0.152 e. The van der Waals surface area contributed by atoms with Gasteiger partial charge in [0.1, 0.15) is 17.9 Å². The minimum absolute atomic E-state index is 0.125. The van der Waals surface area contributed by atoms with Gasteiger partial charge in [-0.2, -0.15) is 5.10 Å². The molecule has 1 aromatic carbocycles. The van der Waals surface area contributed by atoms with Gasteiger partial charge < -0.3 is 10.1 Å². The van der Waals surface area contributed by atoms with Crippen LogP contribution in [0.3, 0.4) is 0 Å². The molecule has 1 atom stereocenters. The van der Waals surface area contributed by atoms with Crippen LogP contribution in [-0.4, -0.2) is 21.2 Å². The molecule has 0 bridgehead atoms. The van der Waals surface area contributed by atoms with Crippen molar-refractivity contribution in [2.24, 2.45) is 0 Å². The van der Waals surface area contributed by atoms with Crippen molar-refractivity contribution in [3.63, 3.8) is 0 Å². The highest BCUT2D eigenvalue weighted by atomic mass is 16.5. The molecule has 4 rings (SSSR count). The normalized spacial score (nSPS) is 16.9. The average Bonchev–Trinajstić information content (AvgIpc) is 3.03. The number of aromatic nitrogens is 3. The minimum atomic E-state index is 0.125. The quantitative estimate of drug-likeness (QED) is 0.774. The summed E-state index contributed by atoms with van der Waals surface area (Å²) >= 11 is 0. The largest absolute Gasteiger partial charge is 0.491 e. The Morgan fingerprint density at radius 2 is 2.25 bits per heavy atom. The number of benzene rings is 1. The van der Waals surface area contributed by atoms with Gasteiger partial charge in [0, 0.05) is 18.0 Å². The number of anilines is 1. The van der Waals surface area contributed by atoms with Gasteiger partial charge in [0.15, 0.2) is 5.82 Å². The summed E-state index contributed by atoms with van der Waals surface area (Å²) in [6, 6.07) is 10.2. The Bertz CT molecular complexity index is 780. The van der Waals surface area contributed by atoms with Crippen LogP contribution in [0.1, 0.15) is 17.3 Å². The molecule has 2 aromatic heterocycles. The Morgan fingerprint density at radius 3 is 3.20 bits per heavy atom. The number of rotatable bonds is 2. The van der Waals surface area contributed by atoms with Crippen LogP contribution in [0.15, 0.2) is 42.7 Å². The third-order valence-electron chi connectivity index (χ3n) is 3.52. The highest BCUT2D eigenvalue weighted by Crippen LogP contribution is 2.34. The van der Waals surface area contributed by atoms with E-state index in [2.05, 4.69) is 21.5 Å². The molecule has 0 amide bonds. The van der Waals surface area contributed by atoms with Crippen molar-refractivity contribution in [2.45, 2.75) is 13.0 Å². The van der Waals surface area contributed by atoms with Crippen LogP contribution in [0.25, 0.3) is 5.52 Å². The van der Waals surface area contributed by atoms with Crippen LogP contribution in [0.4, 0.5) is 5.82 Å². The van der Waals surface area contributed by atoms with Gasteiger partial charge in [-0.1, -0.05) is 18.2 Å². The van der Waals surface area contributed by atoms with E-state index in [4.69, 9.17) is 4.74 Å². The summed E-state index contributed by atoms with van der Waals surface area (Å²) in [5.74, 6) is 1.78. The topological polar surface area (TPSA) is 51.5 Å². The van der Waals surface area contributed by atoms with Crippen LogP contribution in [-0.2, 0) is 0 Å². The Kier molecular flexibility index (Phi) is 2.39. The molecule has 1 aliphatic rings. The van der Waals surface area contributed by atoms with E-state index in [0.29, 0.717) is 6.61 Å². The van der Waals surface area contributed by atoms with Gasteiger partial charge in [-0.3, -0.25) is 0 Å². The zero-order chi connectivity index (χ0) is 13.5. The zero-order valence-electron chi connectivity index (χ0n) is 11.1. The first-order chi connectivity index (χ1) is 9.81. The van der Waals surface area contributed by atoms with Crippen LogP contribution in [0, 0.1) is 6.92 Å². The van der Waals surface area contributed by atoms with Gasteiger partial charge in [0.2, 0.25) is 0 Å². The predicted octanol–water partition coefficient (Wildman–Crippen LogP) is 2.58. The Labute approximate surface area is 116 Å². The molecule has 20 heavy (non-hydrogen) atoms. The van der Waals surface area contributed by atoms with Gasteiger partial charge >= 0.3 is 0 Å². The molecule has 0 saturated heterocycles. The second kappa shape index (κ2) is 4.23. The average molecular weight is 266 g/mol. The molecule has 0 spiro atoms. The molecule has 3 heterocycles. The molecule has 1 aliphatic heterocycles. The summed E-state index contributed by atoms with van der Waals surface area (Å²) in [5, 5.41) is 7.85. The fraction of sp³-hybridized carbons (Fsp3) is 0.200. The van der Waals surface area contributed by atoms with Gasteiger partial charge in [-0.05, 0) is 19.1 Å². The van der Waals surface area contributed by atoms with E-state index >= 15 is 0 Å². The maximum atomic E-state index is 5.69. The first-order valence-corrected chi connectivity index (χ1v) is 6.60. The standard InChI is InChI=1S/C15H14N4O/c1-10-8-13-15(16-6-7-19(13)18-10)17-12-9-20-14-5-3-2-4-11(12)14/h2-8,12H,9H2,1H3,(H,16,17). The van der Waals surface area contributed by atoms with Crippen molar-refractivity contribution in [1.82, 2.24) is 14.6 Å². The van der Waals surface area contributed by atoms with Crippen LogP contribution >= 0.6 is 0 Å². The fourth-order valence-corrected chi connectivity index (χ4v) is 2.60. The summed E-state index contributed by atoms with van der Waals surface area (Å²) in [5.41, 5.74) is 3.13. The Hall–Kier alpha value is -2.56. The Morgan fingerprint density at radius 1 is 1.35 bits per heavy atom. The number of para-hydroxylation sites is 1. The minimum Gasteiger partial charge on any atom is -0.491 e. The molecular weight excluding hydrogens is 252 g/mol. The Balaban J connectivity index is 1.72. The SMILES string of the molecule is Cc1cc2c(NC3COc4ccccc43)nccn2n1. The molecule has 1 unspecified atom stereocenters. The van der Waals surface area contributed by atoms with E-state index in [1.54, 1.807) is 6.20 Å². The third-order valence-corrected chi connectivity index (χ3v) is 3.52. The summed E-state index contributed by atoms with van der Waals surface area (Å²) in [7, 11) is 0. The van der Waals surface area contributed by atoms with Crippen molar-refractivity contribution in [2.75, 3.05) is 11.9 Å². The number of aryl methyl sites for hydroxylation is 1. The van der Waals surface area contributed by atoms with Crippen molar-refractivity contribution < 1.29 is 4.74 Å². The van der Waals surface area contributed by atoms with E-state index in [0.717, 1.165) is 22.8 Å². The maximum absolute atomic E-state index is 5.69. The van der Waals surface area contributed by atoms with Crippen LogP contribution in [0.2, 0.25) is 0 Å². The smallest absolute Gasteiger partial charge is 0.152 e. The van der Waals surface area contributed by atoms with Crippen LogP contribution < -0.4 is 10.1 Å². The number of hydrogen-bond acceptors (Lipinski definition) is 4. The number of ether oxygens (including phenoxy) is 1. The summed E-state index contributed by atoms with van der Waals surface area (Å²) in [6.45, 7) is 2.60. The third kappa shape index (κ3) is 1.71. The molecule has 100 valence electrons. The molecule has 5 nitrogen and oxygen atoms in total. The van der Waals surface area contributed by atoms with Crippen molar-refractivity contribution >= 4 is 11.3 Å². The number of hydrogen-bond donors (Lipinski definition) is 1. The number of nitrogens with one attached hydrogen (secondary N) is 1. The summed E-state index contributed by atoms with van der Waals surface area (Å²) < 4.78 is 7.53. The second-order valence-corrected chi connectivity index (χ2v) is 4.94. The lowest BCUT2D eigenvalue weighted by atomic mass is 10.1. The molecule has 5 heteroatoms. The van der Waals surface area contributed by atoms with Gasteiger partial charge in [-0.25, -0.2) is 9.50 Å². The molecule has 0 saturated carbocycles. The van der Waals surface area contributed by atoms with Crippen LogP contribution in [0.5, 0.6) is 5.75 Å². The lowest BCUT2D eigenvalue weighted by molar-refractivity contribution is 0.339. The number of nitrogens with zero attached hydrogens (tertiary/aromatic N) is 3. The molecule has 0 fully saturated rings. The summed E-state index contributed by atoms with van der Waals surface area (Å²) in [6.07, 6.45) is 3.61. The molecule has 0 radical (unpaired) electrons. The van der Waals surface area contributed by atoms with Crippen molar-refractivity contribution in [3.05, 3.63) is 54.0 Å². The lowest BCUT2D eigenvalue weighted by Crippen LogP contribution is -2.13. The van der Waals surface area contributed by atoms with E-state index in [9.17, 15) is 0 Å². The van der Waals surface area contributed by atoms with E-state index in [1.165, 1.54) is 5.56 Å². The molecule has 1 N–H and O–H groups in total. The van der Waals surface area contributed by atoms with Crippen molar-refractivity contribution in [1.29, 1.82) is 0 Å². The van der Waals surface area contributed by atoms with Gasteiger partial charge in [0.05, 0.1) is 11.7 Å². The fourth-order valence-electron chi connectivity index (χ4n) is 2.60. The molecular formula is C15H14N4O. The number of fused-ring (bicyclic) bond motifs is 2.